The molecule has 0 unspecified atom stereocenters. The lowest BCUT2D eigenvalue weighted by Crippen LogP contribution is -2.33. The van der Waals surface area contributed by atoms with E-state index in [-0.39, 0.29) is 0 Å². The van der Waals surface area contributed by atoms with Gasteiger partial charge in [0.15, 0.2) is 8.24 Å². The number of rotatable bonds is 2. The van der Waals surface area contributed by atoms with Gasteiger partial charge in [-0.05, 0) is 22.1 Å². The molecule has 6 heteroatoms. The van der Waals surface area contributed by atoms with Crippen LogP contribution in [0.3, 0.4) is 0 Å². The van der Waals surface area contributed by atoms with Gasteiger partial charge in [-0.1, -0.05) is 19.6 Å². The van der Waals surface area contributed by atoms with Gasteiger partial charge >= 0.3 is 7.12 Å². The van der Waals surface area contributed by atoms with E-state index in [4.69, 9.17) is 10.0 Å². The second-order valence-corrected chi connectivity index (χ2v) is 9.73. The van der Waals surface area contributed by atoms with Gasteiger partial charge in [0.05, 0.1) is 0 Å². The molecular weight excluding hydrogens is 249 g/mol. The number of halogens is 1. The second kappa shape index (κ2) is 3.61. The molecule has 0 radical (unpaired) electrons. The fraction of sp³-hybridized carbons (Fsp3) is 0.429. The van der Waals surface area contributed by atoms with Crippen molar-refractivity contribution in [3.05, 3.63) is 16.9 Å². The second-order valence-electron chi connectivity index (χ2n) is 4.01. The SMILES string of the molecule is C[Si](C)(C)n1cc(Br)c(B(O)O)c1. The highest BCUT2D eigenvalue weighted by atomic mass is 79.9. The highest BCUT2D eigenvalue weighted by molar-refractivity contribution is 9.10. The van der Waals surface area contributed by atoms with Crippen molar-refractivity contribution in [1.29, 1.82) is 0 Å². The van der Waals surface area contributed by atoms with Crippen LogP contribution in [0.5, 0.6) is 0 Å². The quantitative estimate of drug-likeness (QED) is 0.767. The summed E-state index contributed by atoms with van der Waals surface area (Å²) in [5.41, 5.74) is 0.530. The van der Waals surface area contributed by atoms with Crippen LogP contribution in [-0.4, -0.2) is 29.6 Å². The Morgan fingerprint density at radius 2 is 1.85 bits per heavy atom. The molecule has 0 fully saturated rings. The van der Waals surface area contributed by atoms with Crippen molar-refractivity contribution >= 4 is 36.7 Å². The first-order valence-electron chi connectivity index (χ1n) is 4.06. The zero-order valence-electron chi connectivity index (χ0n) is 7.95. The fourth-order valence-corrected chi connectivity index (χ4v) is 2.78. The van der Waals surface area contributed by atoms with E-state index in [1.54, 1.807) is 6.20 Å². The predicted molar refractivity (Wildman–Crippen MR) is 60.7 cm³/mol. The third-order valence-corrected chi connectivity index (χ3v) is 4.33. The standard InChI is InChI=1S/C7H13BBrNO2Si/c1-13(2,3)10-4-6(8(11)12)7(9)5-10/h4-5,11-12H,1-3H3. The number of nitrogens with zero attached hydrogens (tertiary/aromatic N) is 1. The molecule has 0 aromatic carbocycles. The van der Waals surface area contributed by atoms with Crippen molar-refractivity contribution in [3.63, 3.8) is 0 Å². The normalized spacial score (nSPS) is 11.8. The molecular formula is C7H13BBrNO2Si. The third-order valence-electron chi connectivity index (χ3n) is 1.86. The Morgan fingerprint density at radius 3 is 2.08 bits per heavy atom. The van der Waals surface area contributed by atoms with Gasteiger partial charge < -0.3 is 14.3 Å². The summed E-state index contributed by atoms with van der Waals surface area (Å²) >= 11 is 3.29. The third kappa shape index (κ3) is 2.46. The molecule has 1 heterocycles. The molecule has 0 atom stereocenters. The maximum atomic E-state index is 9.01. The molecule has 0 aliphatic heterocycles. The molecule has 1 aromatic rings. The molecule has 1 rings (SSSR count). The first-order valence-corrected chi connectivity index (χ1v) is 8.30. The number of hydrogen-bond donors (Lipinski definition) is 2. The van der Waals surface area contributed by atoms with E-state index in [9.17, 15) is 0 Å². The summed E-state index contributed by atoms with van der Waals surface area (Å²) < 4.78 is 2.83. The van der Waals surface area contributed by atoms with Gasteiger partial charge in [0, 0.05) is 16.1 Å². The zero-order valence-corrected chi connectivity index (χ0v) is 10.5. The number of hydrogen-bond acceptors (Lipinski definition) is 2. The minimum Gasteiger partial charge on any atom is -0.423 e. The Bertz CT molecular complexity index is 308. The fourth-order valence-electron chi connectivity index (χ4n) is 1.02. The monoisotopic (exact) mass is 261 g/mol. The molecule has 0 spiro atoms. The molecule has 0 aliphatic rings. The van der Waals surface area contributed by atoms with Crippen LogP contribution in [0.1, 0.15) is 0 Å². The largest absolute Gasteiger partial charge is 0.491 e. The van der Waals surface area contributed by atoms with Gasteiger partial charge in [0.25, 0.3) is 0 Å². The smallest absolute Gasteiger partial charge is 0.423 e. The Morgan fingerprint density at radius 1 is 1.31 bits per heavy atom. The summed E-state index contributed by atoms with van der Waals surface area (Å²) in [5, 5.41) is 18.0. The molecule has 13 heavy (non-hydrogen) atoms. The summed E-state index contributed by atoms with van der Waals surface area (Å²) in [7, 11) is -2.82. The molecule has 0 aliphatic carbocycles. The van der Waals surface area contributed by atoms with Crippen molar-refractivity contribution in [2.45, 2.75) is 19.6 Å². The molecule has 72 valence electrons. The molecule has 1 aromatic heterocycles. The molecule has 3 nitrogen and oxygen atoms in total. The van der Waals surface area contributed by atoms with Gasteiger partial charge in [-0.2, -0.15) is 0 Å². The van der Waals surface area contributed by atoms with E-state index in [0.29, 0.717) is 5.46 Å². The summed E-state index contributed by atoms with van der Waals surface area (Å²) in [6, 6.07) is 0. The van der Waals surface area contributed by atoms with Crippen LogP contribution in [0.25, 0.3) is 0 Å². The van der Waals surface area contributed by atoms with Crippen LogP contribution in [0.4, 0.5) is 0 Å². The molecule has 0 saturated heterocycles. The van der Waals surface area contributed by atoms with Crippen molar-refractivity contribution in [3.8, 4) is 0 Å². The minimum absolute atomic E-state index is 0.530. The van der Waals surface area contributed by atoms with Crippen molar-refractivity contribution in [1.82, 2.24) is 4.23 Å². The van der Waals surface area contributed by atoms with Gasteiger partial charge in [-0.25, -0.2) is 0 Å². The Kier molecular flexibility index (Phi) is 3.06. The average molecular weight is 262 g/mol. The minimum atomic E-state index is -1.43. The lowest BCUT2D eigenvalue weighted by Gasteiger charge is -2.17. The average Bonchev–Trinajstić information content (AvgIpc) is 2.29. The van der Waals surface area contributed by atoms with Gasteiger partial charge in [0.2, 0.25) is 0 Å². The summed E-state index contributed by atoms with van der Waals surface area (Å²) in [6.07, 6.45) is 3.70. The van der Waals surface area contributed by atoms with E-state index in [0.717, 1.165) is 4.47 Å². The predicted octanol–water partition coefficient (Wildman–Crippen LogP) is 0.613. The molecule has 0 saturated carbocycles. The molecule has 2 N–H and O–H groups in total. The molecule has 0 bridgehead atoms. The summed E-state index contributed by atoms with van der Waals surface area (Å²) in [5.74, 6) is 0. The van der Waals surface area contributed by atoms with E-state index >= 15 is 0 Å². The Hall–Kier alpha value is -0.0382. The van der Waals surface area contributed by atoms with Gasteiger partial charge in [0.1, 0.15) is 0 Å². The van der Waals surface area contributed by atoms with Crippen LogP contribution in [0, 0.1) is 0 Å². The Balaban J connectivity index is 3.10. The van der Waals surface area contributed by atoms with Gasteiger partial charge in [-0.15, -0.1) is 0 Å². The van der Waals surface area contributed by atoms with Crippen LogP contribution >= 0.6 is 15.9 Å². The van der Waals surface area contributed by atoms with Gasteiger partial charge in [-0.3, -0.25) is 0 Å². The van der Waals surface area contributed by atoms with Crippen LogP contribution in [0.2, 0.25) is 19.6 Å². The highest BCUT2D eigenvalue weighted by Crippen LogP contribution is 2.13. The lowest BCUT2D eigenvalue weighted by molar-refractivity contribution is 0.425. The highest BCUT2D eigenvalue weighted by Gasteiger charge is 2.22. The van der Waals surface area contributed by atoms with Crippen molar-refractivity contribution < 1.29 is 10.0 Å². The maximum absolute atomic E-state index is 9.01. The van der Waals surface area contributed by atoms with E-state index in [1.165, 1.54) is 0 Å². The maximum Gasteiger partial charge on any atom is 0.491 e. The van der Waals surface area contributed by atoms with Crippen molar-refractivity contribution in [2.75, 3.05) is 0 Å². The Labute approximate surface area is 87.8 Å². The lowest BCUT2D eigenvalue weighted by atomic mass is 9.83. The molecule has 0 amide bonds. The number of aromatic nitrogens is 1. The van der Waals surface area contributed by atoms with Crippen molar-refractivity contribution in [2.24, 2.45) is 0 Å². The van der Waals surface area contributed by atoms with E-state index < -0.39 is 15.4 Å². The topological polar surface area (TPSA) is 45.4 Å². The van der Waals surface area contributed by atoms with E-state index in [1.807, 2.05) is 6.20 Å². The van der Waals surface area contributed by atoms with Crippen LogP contribution in [-0.2, 0) is 0 Å². The summed E-state index contributed by atoms with van der Waals surface area (Å²) in [4.78, 5) is 0. The first-order chi connectivity index (χ1) is 5.82. The van der Waals surface area contributed by atoms with Crippen LogP contribution < -0.4 is 5.46 Å². The van der Waals surface area contributed by atoms with E-state index in [2.05, 4.69) is 39.8 Å². The first kappa shape index (κ1) is 11.0. The zero-order chi connectivity index (χ0) is 10.2. The van der Waals surface area contributed by atoms with Crippen LogP contribution in [0.15, 0.2) is 16.9 Å². The summed E-state index contributed by atoms with van der Waals surface area (Å²) in [6.45, 7) is 6.56.